The topological polar surface area (TPSA) is 91.1 Å². The average molecular weight is 454 g/mol. The van der Waals surface area contributed by atoms with Crippen LogP contribution in [0.15, 0.2) is 73.6 Å². The van der Waals surface area contributed by atoms with Crippen LogP contribution in [0.2, 0.25) is 0 Å². The van der Waals surface area contributed by atoms with Gasteiger partial charge in [0.05, 0.1) is 61.8 Å². The lowest BCUT2D eigenvalue weighted by Gasteiger charge is -2.26. The van der Waals surface area contributed by atoms with Crippen molar-refractivity contribution in [3.05, 3.63) is 79.3 Å². The van der Waals surface area contributed by atoms with Crippen LogP contribution in [-0.2, 0) is 13.6 Å². The zero-order chi connectivity index (χ0) is 23.5. The van der Waals surface area contributed by atoms with Crippen LogP contribution in [-0.4, -0.2) is 43.9 Å². The number of hydrogen-bond acceptors (Lipinski definition) is 8. The molecule has 9 nitrogen and oxygen atoms in total. The quantitative estimate of drug-likeness (QED) is 0.363. The number of fused-ring (bicyclic) bond motifs is 1. The Morgan fingerprint density at radius 2 is 1.68 bits per heavy atom. The molecule has 34 heavy (non-hydrogen) atoms. The van der Waals surface area contributed by atoms with Crippen LogP contribution in [0.3, 0.4) is 0 Å². The maximum Gasteiger partial charge on any atom is 0.124 e. The molecular weight excluding hydrogens is 430 g/mol. The van der Waals surface area contributed by atoms with Crippen molar-refractivity contribution in [2.24, 2.45) is 7.05 Å². The van der Waals surface area contributed by atoms with Gasteiger partial charge in [0.15, 0.2) is 0 Å². The van der Waals surface area contributed by atoms with Crippen LogP contribution >= 0.6 is 0 Å². The Labute approximate surface area is 196 Å². The number of aryl methyl sites for hydroxylation is 1. The lowest BCUT2D eigenvalue weighted by atomic mass is 10.1. The molecule has 0 aliphatic heterocycles. The van der Waals surface area contributed by atoms with Gasteiger partial charge < -0.3 is 14.4 Å². The van der Waals surface area contributed by atoms with Crippen molar-refractivity contribution in [1.82, 2.24) is 29.7 Å². The summed E-state index contributed by atoms with van der Waals surface area (Å²) in [5, 5.41) is 4.24. The maximum atomic E-state index is 5.51. The predicted octanol–water partition coefficient (Wildman–Crippen LogP) is 4.18. The molecule has 9 heteroatoms. The largest absolute Gasteiger partial charge is 0.497 e. The standard InChI is InChI=1S/C25H23N7O2/c1-31-15-17(12-29-31)25-14-28-23-5-4-19(10-24(23)30-25)32(16-18-13-26-6-7-27-18)20-8-21(33-2)11-22(9-20)34-3/h4-15H,16H2,1-3H3. The van der Waals surface area contributed by atoms with Crippen LogP contribution in [0.4, 0.5) is 11.4 Å². The summed E-state index contributed by atoms with van der Waals surface area (Å²) in [7, 11) is 5.15. The molecule has 5 rings (SSSR count). The highest BCUT2D eigenvalue weighted by Crippen LogP contribution is 2.35. The summed E-state index contributed by atoms with van der Waals surface area (Å²) in [4.78, 5) is 20.3. The fourth-order valence-corrected chi connectivity index (χ4v) is 3.71. The monoisotopic (exact) mass is 453 g/mol. The van der Waals surface area contributed by atoms with Crippen LogP contribution in [0.5, 0.6) is 11.5 Å². The summed E-state index contributed by atoms with van der Waals surface area (Å²) >= 11 is 0. The number of methoxy groups -OCH3 is 2. The second-order valence-corrected chi connectivity index (χ2v) is 7.68. The summed E-state index contributed by atoms with van der Waals surface area (Å²) in [6.45, 7) is 0.491. The average Bonchev–Trinajstić information content (AvgIpc) is 3.33. The van der Waals surface area contributed by atoms with Gasteiger partial charge in [0.25, 0.3) is 0 Å². The number of hydrogen-bond donors (Lipinski definition) is 0. The summed E-state index contributed by atoms with van der Waals surface area (Å²) in [5.74, 6) is 1.39. The number of benzene rings is 2. The van der Waals surface area contributed by atoms with E-state index in [0.717, 1.165) is 39.4 Å². The zero-order valence-electron chi connectivity index (χ0n) is 19.1. The summed E-state index contributed by atoms with van der Waals surface area (Å²) < 4.78 is 12.8. The third kappa shape index (κ3) is 4.36. The first kappa shape index (κ1) is 21.3. The minimum atomic E-state index is 0.491. The van der Waals surface area contributed by atoms with E-state index in [1.165, 1.54) is 0 Å². The molecule has 3 aromatic heterocycles. The summed E-state index contributed by atoms with van der Waals surface area (Å²) in [6, 6.07) is 11.8. The van der Waals surface area contributed by atoms with Crippen LogP contribution < -0.4 is 14.4 Å². The molecule has 0 saturated carbocycles. The second-order valence-electron chi connectivity index (χ2n) is 7.68. The van der Waals surface area contributed by atoms with Crippen LogP contribution in [0.25, 0.3) is 22.3 Å². The lowest BCUT2D eigenvalue weighted by molar-refractivity contribution is 0.394. The van der Waals surface area contributed by atoms with Gasteiger partial charge in [-0.2, -0.15) is 5.10 Å². The van der Waals surface area contributed by atoms with Gasteiger partial charge >= 0.3 is 0 Å². The van der Waals surface area contributed by atoms with Gasteiger partial charge in [-0.1, -0.05) is 0 Å². The molecule has 0 atom stereocenters. The van der Waals surface area contributed by atoms with Gasteiger partial charge in [-0.05, 0) is 18.2 Å². The van der Waals surface area contributed by atoms with Gasteiger partial charge in [-0.3, -0.25) is 19.6 Å². The number of anilines is 2. The van der Waals surface area contributed by atoms with Crippen molar-refractivity contribution in [2.45, 2.75) is 6.54 Å². The van der Waals surface area contributed by atoms with Gasteiger partial charge in [0.2, 0.25) is 0 Å². The Morgan fingerprint density at radius 3 is 2.35 bits per heavy atom. The fourth-order valence-electron chi connectivity index (χ4n) is 3.71. The van der Waals surface area contributed by atoms with Crippen molar-refractivity contribution in [3.8, 4) is 22.8 Å². The smallest absolute Gasteiger partial charge is 0.124 e. The molecule has 3 heterocycles. The lowest BCUT2D eigenvalue weighted by Crippen LogP contribution is -2.17. The molecule has 0 spiro atoms. The number of rotatable bonds is 7. The van der Waals surface area contributed by atoms with Gasteiger partial charge in [0, 0.05) is 60.8 Å². The SMILES string of the molecule is COc1cc(OC)cc(N(Cc2cnccn2)c2ccc3ncc(-c4cnn(C)c4)nc3c2)c1. The highest BCUT2D eigenvalue weighted by molar-refractivity contribution is 5.82. The Kier molecular flexibility index (Phi) is 5.73. The number of ether oxygens (including phenoxy) is 2. The van der Waals surface area contributed by atoms with E-state index in [0.29, 0.717) is 18.0 Å². The Hall–Kier alpha value is -4.53. The molecule has 0 bridgehead atoms. The second kappa shape index (κ2) is 9.14. The Balaban J connectivity index is 1.62. The van der Waals surface area contributed by atoms with E-state index >= 15 is 0 Å². The molecule has 0 N–H and O–H groups in total. The van der Waals surface area contributed by atoms with Crippen molar-refractivity contribution in [3.63, 3.8) is 0 Å². The van der Waals surface area contributed by atoms with E-state index in [2.05, 4.69) is 25.0 Å². The molecule has 0 aliphatic rings. The maximum absolute atomic E-state index is 5.51. The first-order valence-corrected chi connectivity index (χ1v) is 10.6. The van der Waals surface area contributed by atoms with Crippen LogP contribution in [0, 0.1) is 0 Å². The molecular formula is C25H23N7O2. The van der Waals surface area contributed by atoms with E-state index in [1.807, 2.05) is 49.6 Å². The van der Waals surface area contributed by atoms with E-state index in [1.54, 1.807) is 49.9 Å². The van der Waals surface area contributed by atoms with Gasteiger partial charge in [-0.25, -0.2) is 4.98 Å². The Bertz CT molecular complexity index is 1410. The molecule has 0 saturated heterocycles. The molecule has 5 aromatic rings. The minimum absolute atomic E-state index is 0.491. The van der Waals surface area contributed by atoms with Crippen molar-refractivity contribution in [1.29, 1.82) is 0 Å². The molecule has 0 unspecified atom stereocenters. The van der Waals surface area contributed by atoms with Crippen LogP contribution in [0.1, 0.15) is 5.69 Å². The molecule has 0 fully saturated rings. The zero-order valence-corrected chi connectivity index (χ0v) is 19.1. The minimum Gasteiger partial charge on any atom is -0.497 e. The van der Waals surface area contributed by atoms with Gasteiger partial charge in [-0.15, -0.1) is 0 Å². The van der Waals surface area contributed by atoms with Gasteiger partial charge in [0.1, 0.15) is 11.5 Å². The van der Waals surface area contributed by atoms with E-state index in [4.69, 9.17) is 14.5 Å². The highest BCUT2D eigenvalue weighted by atomic mass is 16.5. The Morgan fingerprint density at radius 1 is 0.853 bits per heavy atom. The third-order valence-electron chi connectivity index (χ3n) is 5.42. The van der Waals surface area contributed by atoms with Crippen molar-refractivity contribution >= 4 is 22.4 Å². The molecule has 0 radical (unpaired) electrons. The molecule has 170 valence electrons. The number of aromatic nitrogens is 6. The molecule has 0 aliphatic carbocycles. The van der Waals surface area contributed by atoms with E-state index in [-0.39, 0.29) is 0 Å². The molecule has 0 amide bonds. The predicted molar refractivity (Wildman–Crippen MR) is 129 cm³/mol. The highest BCUT2D eigenvalue weighted by Gasteiger charge is 2.16. The van der Waals surface area contributed by atoms with Crippen molar-refractivity contribution < 1.29 is 9.47 Å². The first-order chi connectivity index (χ1) is 16.6. The van der Waals surface area contributed by atoms with E-state index < -0.39 is 0 Å². The normalized spacial score (nSPS) is 10.9. The number of nitrogens with zero attached hydrogens (tertiary/aromatic N) is 7. The van der Waals surface area contributed by atoms with Crippen molar-refractivity contribution in [2.75, 3.05) is 19.1 Å². The summed E-state index contributed by atoms with van der Waals surface area (Å²) in [6.07, 6.45) is 10.6. The fraction of sp³-hybridized carbons (Fsp3) is 0.160. The molecule has 2 aromatic carbocycles. The summed E-state index contributed by atoms with van der Waals surface area (Å²) in [5.41, 5.74) is 5.89. The van der Waals surface area contributed by atoms with E-state index in [9.17, 15) is 0 Å². The first-order valence-electron chi connectivity index (χ1n) is 10.6. The third-order valence-corrected chi connectivity index (χ3v) is 5.42.